The zero-order valence-electron chi connectivity index (χ0n) is 13.5. The lowest BCUT2D eigenvalue weighted by atomic mass is 9.87. The van der Waals surface area contributed by atoms with Crippen LogP contribution in [0.5, 0.6) is 0 Å². The van der Waals surface area contributed by atoms with Crippen LogP contribution in [0.15, 0.2) is 18.2 Å². The Labute approximate surface area is 137 Å². The quantitative estimate of drug-likeness (QED) is 0.876. The van der Waals surface area contributed by atoms with Crippen molar-refractivity contribution in [2.24, 2.45) is 11.1 Å². The number of nitrogens with two attached hydrogens (primary N) is 1. The topological polar surface area (TPSA) is 75.4 Å². The summed E-state index contributed by atoms with van der Waals surface area (Å²) in [6, 6.07) is 5.04. The van der Waals surface area contributed by atoms with Crippen LogP contribution in [0.4, 0.5) is 11.4 Å². The van der Waals surface area contributed by atoms with Gasteiger partial charge in [-0.2, -0.15) is 0 Å². The van der Waals surface area contributed by atoms with E-state index in [0.717, 1.165) is 23.4 Å². The highest BCUT2D eigenvalue weighted by molar-refractivity contribution is 5.97. The van der Waals surface area contributed by atoms with Crippen molar-refractivity contribution in [2.75, 3.05) is 16.8 Å². The third kappa shape index (κ3) is 3.78. The first kappa shape index (κ1) is 18.5. The maximum Gasteiger partial charge on any atom is 0.241 e. The first-order valence-corrected chi connectivity index (χ1v) is 7.17. The minimum atomic E-state index is -0.570. The Morgan fingerprint density at radius 2 is 1.95 bits per heavy atom. The second-order valence-electron chi connectivity index (χ2n) is 6.60. The minimum Gasteiger partial charge on any atom is -0.325 e. The number of hydrogen-bond acceptors (Lipinski definition) is 3. The predicted molar refractivity (Wildman–Crippen MR) is 91.5 cm³/mol. The van der Waals surface area contributed by atoms with E-state index in [1.807, 2.05) is 39.0 Å². The number of carbonyl (C=O) groups excluding carboxylic acids is 2. The molecule has 3 N–H and O–H groups in total. The molecule has 1 heterocycles. The SMILES string of the molecule is CC(=O)N1CCc2cc(NC(=O)[C@@H](N)C(C)(C)C)ccc21.Cl. The number of benzene rings is 1. The molecule has 1 aromatic rings. The van der Waals surface area contributed by atoms with E-state index in [9.17, 15) is 9.59 Å². The van der Waals surface area contributed by atoms with Gasteiger partial charge in [-0.05, 0) is 35.6 Å². The second-order valence-corrected chi connectivity index (χ2v) is 6.60. The summed E-state index contributed by atoms with van der Waals surface area (Å²) < 4.78 is 0. The molecule has 2 rings (SSSR count). The minimum absolute atomic E-state index is 0. The molecule has 1 aliphatic heterocycles. The van der Waals surface area contributed by atoms with Crippen LogP contribution in [-0.4, -0.2) is 24.4 Å². The van der Waals surface area contributed by atoms with Crippen LogP contribution < -0.4 is 16.0 Å². The van der Waals surface area contributed by atoms with Gasteiger partial charge >= 0.3 is 0 Å². The molecule has 0 saturated heterocycles. The van der Waals surface area contributed by atoms with E-state index < -0.39 is 6.04 Å². The highest BCUT2D eigenvalue weighted by Gasteiger charge is 2.28. The van der Waals surface area contributed by atoms with Crippen LogP contribution in [0, 0.1) is 5.41 Å². The molecule has 0 fully saturated rings. The van der Waals surface area contributed by atoms with Crippen molar-refractivity contribution in [1.82, 2.24) is 0 Å². The monoisotopic (exact) mass is 325 g/mol. The summed E-state index contributed by atoms with van der Waals surface area (Å²) in [5.41, 5.74) is 8.40. The number of amides is 2. The Kier molecular flexibility index (Phi) is 5.59. The summed E-state index contributed by atoms with van der Waals surface area (Å²) >= 11 is 0. The van der Waals surface area contributed by atoms with Crippen molar-refractivity contribution in [3.63, 3.8) is 0 Å². The average molecular weight is 326 g/mol. The molecule has 0 radical (unpaired) electrons. The Morgan fingerprint density at radius 3 is 2.50 bits per heavy atom. The van der Waals surface area contributed by atoms with Gasteiger partial charge < -0.3 is 16.0 Å². The normalized spacial score (nSPS) is 14.9. The summed E-state index contributed by atoms with van der Waals surface area (Å²) in [4.78, 5) is 25.4. The van der Waals surface area contributed by atoms with Crippen LogP contribution in [0.25, 0.3) is 0 Å². The highest BCUT2D eigenvalue weighted by atomic mass is 35.5. The lowest BCUT2D eigenvalue weighted by Gasteiger charge is -2.26. The lowest BCUT2D eigenvalue weighted by Crippen LogP contribution is -2.45. The molecule has 1 atom stereocenters. The van der Waals surface area contributed by atoms with Crippen molar-refractivity contribution < 1.29 is 9.59 Å². The Hall–Kier alpha value is -1.59. The molecule has 0 bridgehead atoms. The maximum atomic E-state index is 12.1. The first-order valence-electron chi connectivity index (χ1n) is 7.17. The Morgan fingerprint density at radius 1 is 1.32 bits per heavy atom. The molecule has 0 saturated carbocycles. The number of nitrogens with zero attached hydrogens (tertiary/aromatic N) is 1. The molecule has 2 amide bonds. The van der Waals surface area contributed by atoms with Gasteiger partial charge in [-0.25, -0.2) is 0 Å². The summed E-state index contributed by atoms with van der Waals surface area (Å²) in [5.74, 6) is -0.149. The fourth-order valence-electron chi connectivity index (χ4n) is 2.42. The van der Waals surface area contributed by atoms with Gasteiger partial charge in [-0.15, -0.1) is 12.4 Å². The van der Waals surface area contributed by atoms with Gasteiger partial charge in [0.1, 0.15) is 0 Å². The second kappa shape index (κ2) is 6.67. The Bertz CT molecular complexity index is 581. The van der Waals surface area contributed by atoms with E-state index in [1.165, 1.54) is 0 Å². The Balaban J connectivity index is 0.00000242. The zero-order chi connectivity index (χ0) is 15.8. The number of anilines is 2. The van der Waals surface area contributed by atoms with Gasteiger partial charge in [-0.1, -0.05) is 20.8 Å². The van der Waals surface area contributed by atoms with Crippen molar-refractivity contribution >= 4 is 35.6 Å². The summed E-state index contributed by atoms with van der Waals surface area (Å²) in [7, 11) is 0. The molecule has 5 nitrogen and oxygen atoms in total. The molecule has 1 aliphatic rings. The smallest absolute Gasteiger partial charge is 0.241 e. The van der Waals surface area contributed by atoms with E-state index in [-0.39, 0.29) is 29.6 Å². The van der Waals surface area contributed by atoms with Crippen LogP contribution in [0.3, 0.4) is 0 Å². The molecule has 22 heavy (non-hydrogen) atoms. The number of carbonyl (C=O) groups is 2. The molecule has 0 unspecified atom stereocenters. The molecule has 0 aliphatic carbocycles. The van der Waals surface area contributed by atoms with Crippen molar-refractivity contribution in [2.45, 2.75) is 40.2 Å². The van der Waals surface area contributed by atoms with E-state index in [4.69, 9.17) is 5.73 Å². The van der Waals surface area contributed by atoms with E-state index in [1.54, 1.807) is 11.8 Å². The van der Waals surface area contributed by atoms with Crippen molar-refractivity contribution in [3.05, 3.63) is 23.8 Å². The predicted octanol–water partition coefficient (Wildman–Crippen LogP) is 2.33. The molecule has 0 aromatic heterocycles. The van der Waals surface area contributed by atoms with Crippen molar-refractivity contribution in [3.8, 4) is 0 Å². The number of halogens is 1. The first-order chi connectivity index (χ1) is 9.70. The molecule has 122 valence electrons. The third-order valence-electron chi connectivity index (χ3n) is 3.84. The zero-order valence-corrected chi connectivity index (χ0v) is 14.3. The van der Waals surface area contributed by atoms with E-state index in [0.29, 0.717) is 6.54 Å². The lowest BCUT2D eigenvalue weighted by molar-refractivity contribution is -0.119. The standard InChI is InChI=1S/C16H23N3O2.ClH/c1-10(20)19-8-7-11-9-12(5-6-13(11)19)18-15(21)14(17)16(2,3)4;/h5-6,9,14H,7-8,17H2,1-4H3,(H,18,21);1H/t14-;/m1./s1. The van der Waals surface area contributed by atoms with Gasteiger partial charge in [0, 0.05) is 24.8 Å². The van der Waals surface area contributed by atoms with Crippen LogP contribution in [-0.2, 0) is 16.0 Å². The van der Waals surface area contributed by atoms with Gasteiger partial charge in [-0.3, -0.25) is 9.59 Å². The summed E-state index contributed by atoms with van der Waals surface area (Å²) in [6.45, 7) is 8.07. The average Bonchev–Trinajstić information content (AvgIpc) is 2.79. The van der Waals surface area contributed by atoms with Gasteiger partial charge in [0.05, 0.1) is 6.04 Å². The molecule has 6 heteroatoms. The van der Waals surface area contributed by atoms with E-state index >= 15 is 0 Å². The fraction of sp³-hybridized carbons (Fsp3) is 0.500. The van der Waals surface area contributed by atoms with Crippen molar-refractivity contribution in [1.29, 1.82) is 0 Å². The van der Waals surface area contributed by atoms with Gasteiger partial charge in [0.15, 0.2) is 0 Å². The van der Waals surface area contributed by atoms with Crippen LogP contribution in [0.2, 0.25) is 0 Å². The molecule has 1 aromatic carbocycles. The molecular weight excluding hydrogens is 302 g/mol. The number of nitrogens with one attached hydrogen (secondary N) is 1. The van der Waals surface area contributed by atoms with Crippen LogP contribution in [0.1, 0.15) is 33.3 Å². The summed E-state index contributed by atoms with van der Waals surface area (Å²) in [5, 5.41) is 2.85. The third-order valence-corrected chi connectivity index (χ3v) is 3.84. The van der Waals surface area contributed by atoms with Gasteiger partial charge in [0.2, 0.25) is 11.8 Å². The maximum absolute atomic E-state index is 12.1. The molecular formula is C16H24ClN3O2. The highest BCUT2D eigenvalue weighted by Crippen LogP contribution is 2.30. The summed E-state index contributed by atoms with van der Waals surface area (Å²) in [6.07, 6.45) is 0.809. The number of fused-ring (bicyclic) bond motifs is 1. The van der Waals surface area contributed by atoms with Crippen LogP contribution >= 0.6 is 12.4 Å². The fourth-order valence-corrected chi connectivity index (χ4v) is 2.42. The largest absolute Gasteiger partial charge is 0.325 e. The number of rotatable bonds is 2. The molecule has 0 spiro atoms. The number of hydrogen-bond donors (Lipinski definition) is 2. The van der Waals surface area contributed by atoms with Gasteiger partial charge in [0.25, 0.3) is 0 Å². The van der Waals surface area contributed by atoms with E-state index in [2.05, 4.69) is 5.32 Å².